The first kappa shape index (κ1) is 23.4. The molecule has 7 heteroatoms. The van der Waals surface area contributed by atoms with E-state index in [-0.39, 0.29) is 18.5 Å². The monoisotopic (exact) mass is 436 g/mol. The van der Waals surface area contributed by atoms with Crippen LogP contribution >= 0.6 is 0 Å². The van der Waals surface area contributed by atoms with E-state index >= 15 is 0 Å². The van der Waals surface area contributed by atoms with Crippen LogP contribution < -0.4 is 10.6 Å². The molecule has 0 bridgehead atoms. The molecule has 3 rings (SSSR count). The third-order valence-electron chi connectivity index (χ3n) is 5.39. The predicted molar refractivity (Wildman–Crippen MR) is 122 cm³/mol. The Hall–Kier alpha value is -3.22. The molecule has 32 heavy (non-hydrogen) atoms. The van der Waals surface area contributed by atoms with Crippen molar-refractivity contribution in [2.45, 2.75) is 70.6 Å². The highest BCUT2D eigenvalue weighted by Crippen LogP contribution is 2.25. The molecule has 7 nitrogen and oxygen atoms in total. The van der Waals surface area contributed by atoms with Gasteiger partial charge in [0, 0.05) is 30.5 Å². The molecule has 3 amide bonds. The van der Waals surface area contributed by atoms with Crippen molar-refractivity contribution in [2.24, 2.45) is 0 Å². The summed E-state index contributed by atoms with van der Waals surface area (Å²) >= 11 is 0. The number of hydrogen-bond donors (Lipinski definition) is 2. The van der Waals surface area contributed by atoms with Crippen molar-refractivity contribution in [2.75, 3.05) is 0 Å². The van der Waals surface area contributed by atoms with E-state index in [0.717, 1.165) is 31.2 Å². The van der Waals surface area contributed by atoms with Gasteiger partial charge in [-0.3, -0.25) is 19.4 Å². The van der Waals surface area contributed by atoms with Crippen LogP contribution in [0.15, 0.2) is 54.9 Å². The lowest BCUT2D eigenvalue weighted by atomic mass is 10.0. The third kappa shape index (κ3) is 6.39. The number of rotatable bonds is 6. The minimum Gasteiger partial charge on any atom is -0.349 e. The van der Waals surface area contributed by atoms with Gasteiger partial charge in [0.1, 0.15) is 6.04 Å². The van der Waals surface area contributed by atoms with Crippen LogP contribution in [0.1, 0.15) is 63.6 Å². The maximum absolute atomic E-state index is 13.4. The largest absolute Gasteiger partial charge is 0.349 e. The smallest absolute Gasteiger partial charge is 0.313 e. The van der Waals surface area contributed by atoms with Gasteiger partial charge in [-0.25, -0.2) is 0 Å². The average Bonchev–Trinajstić information content (AvgIpc) is 3.26. The van der Waals surface area contributed by atoms with Gasteiger partial charge in [0.25, 0.3) is 0 Å². The third-order valence-corrected chi connectivity index (χ3v) is 5.39. The van der Waals surface area contributed by atoms with Gasteiger partial charge >= 0.3 is 11.8 Å². The molecule has 0 radical (unpaired) electrons. The van der Waals surface area contributed by atoms with Crippen molar-refractivity contribution >= 4 is 17.7 Å². The molecule has 1 atom stereocenters. The molecule has 1 aromatic heterocycles. The highest BCUT2D eigenvalue weighted by Gasteiger charge is 2.36. The zero-order valence-electron chi connectivity index (χ0n) is 19.0. The molecule has 2 N–H and O–H groups in total. The summed E-state index contributed by atoms with van der Waals surface area (Å²) in [5, 5.41) is 5.83. The summed E-state index contributed by atoms with van der Waals surface area (Å²) in [6.45, 7) is 5.73. The Kier molecular flexibility index (Phi) is 7.62. The SMILES string of the molecule is CC(C)(C)NC(=O)C(c1ccccc1)N(Cc1cccnc1)C(=O)C(=O)NC1CCCC1. The van der Waals surface area contributed by atoms with E-state index in [9.17, 15) is 14.4 Å². The molecule has 170 valence electrons. The van der Waals surface area contributed by atoms with Gasteiger partial charge in [0.05, 0.1) is 0 Å². The summed E-state index contributed by atoms with van der Waals surface area (Å²) in [6, 6.07) is 11.7. The van der Waals surface area contributed by atoms with Gasteiger partial charge in [-0.1, -0.05) is 49.2 Å². The zero-order valence-corrected chi connectivity index (χ0v) is 19.0. The molecular weight excluding hydrogens is 404 g/mol. The lowest BCUT2D eigenvalue weighted by molar-refractivity contribution is -0.151. The second-order valence-electron chi connectivity index (χ2n) is 9.30. The Morgan fingerprint density at radius 2 is 1.75 bits per heavy atom. The van der Waals surface area contributed by atoms with E-state index in [0.29, 0.717) is 5.56 Å². The molecule has 0 spiro atoms. The van der Waals surface area contributed by atoms with Crippen LogP contribution in [-0.2, 0) is 20.9 Å². The number of nitrogens with zero attached hydrogens (tertiary/aromatic N) is 2. The molecule has 1 aliphatic rings. The van der Waals surface area contributed by atoms with E-state index in [4.69, 9.17) is 0 Å². The summed E-state index contributed by atoms with van der Waals surface area (Å²) < 4.78 is 0. The van der Waals surface area contributed by atoms with Crippen LogP contribution in [0.25, 0.3) is 0 Å². The first-order valence-corrected chi connectivity index (χ1v) is 11.1. The van der Waals surface area contributed by atoms with E-state index in [2.05, 4.69) is 15.6 Å². The van der Waals surface area contributed by atoms with Crippen molar-refractivity contribution in [3.8, 4) is 0 Å². The second-order valence-corrected chi connectivity index (χ2v) is 9.30. The zero-order chi connectivity index (χ0) is 23.1. The van der Waals surface area contributed by atoms with Crippen LogP contribution in [0.2, 0.25) is 0 Å². The van der Waals surface area contributed by atoms with Crippen LogP contribution in [-0.4, -0.2) is 39.2 Å². The molecule has 1 saturated carbocycles. The standard InChI is InChI=1S/C25H32N4O3/c1-25(2,3)28-22(30)21(19-11-5-4-6-12-19)29(17-18-10-9-15-26-16-18)24(32)23(31)27-20-13-7-8-14-20/h4-6,9-12,15-16,20-21H,7-8,13-14,17H2,1-3H3,(H,27,31)(H,28,30). The van der Waals surface area contributed by atoms with E-state index in [1.165, 1.54) is 4.90 Å². The van der Waals surface area contributed by atoms with Gasteiger partial charge in [-0.05, 0) is 50.8 Å². The maximum Gasteiger partial charge on any atom is 0.313 e. The molecule has 1 fully saturated rings. The Morgan fingerprint density at radius 3 is 2.34 bits per heavy atom. The van der Waals surface area contributed by atoms with E-state index < -0.39 is 23.4 Å². The van der Waals surface area contributed by atoms with Crippen LogP contribution in [0, 0.1) is 0 Å². The minimum atomic E-state index is -0.961. The number of hydrogen-bond acceptors (Lipinski definition) is 4. The van der Waals surface area contributed by atoms with E-state index in [1.807, 2.05) is 45.0 Å². The Balaban J connectivity index is 1.97. The number of carbonyl (C=O) groups is 3. The van der Waals surface area contributed by atoms with Gasteiger partial charge in [-0.15, -0.1) is 0 Å². The number of benzene rings is 1. The molecule has 2 aromatic rings. The van der Waals surface area contributed by atoms with Crippen molar-refractivity contribution in [3.05, 3.63) is 66.0 Å². The molecule has 1 unspecified atom stereocenters. The number of amides is 3. The number of pyridine rings is 1. The summed E-state index contributed by atoms with van der Waals surface area (Å²) in [4.78, 5) is 45.2. The fourth-order valence-electron chi connectivity index (χ4n) is 3.96. The Labute approximate surface area is 189 Å². The van der Waals surface area contributed by atoms with Crippen molar-refractivity contribution in [1.82, 2.24) is 20.5 Å². The quantitative estimate of drug-likeness (QED) is 0.681. The summed E-state index contributed by atoms with van der Waals surface area (Å²) in [5.41, 5.74) is 0.873. The molecule has 0 saturated heterocycles. The van der Waals surface area contributed by atoms with Gasteiger partial charge in [0.15, 0.2) is 0 Å². The molecule has 1 aliphatic carbocycles. The maximum atomic E-state index is 13.4. The fourth-order valence-corrected chi connectivity index (χ4v) is 3.96. The summed E-state index contributed by atoms with van der Waals surface area (Å²) in [7, 11) is 0. The predicted octanol–water partition coefficient (Wildman–Crippen LogP) is 3.13. The Bertz CT molecular complexity index is 919. The van der Waals surface area contributed by atoms with Gasteiger partial charge in [-0.2, -0.15) is 0 Å². The normalized spacial score (nSPS) is 15.1. The molecule has 0 aliphatic heterocycles. The first-order chi connectivity index (χ1) is 15.2. The van der Waals surface area contributed by atoms with Gasteiger partial charge < -0.3 is 15.5 Å². The molecular formula is C25H32N4O3. The summed E-state index contributed by atoms with van der Waals surface area (Å²) in [6.07, 6.45) is 7.10. The van der Waals surface area contributed by atoms with Crippen LogP contribution in [0.3, 0.4) is 0 Å². The van der Waals surface area contributed by atoms with Gasteiger partial charge in [0.2, 0.25) is 5.91 Å². The molecule has 1 aromatic carbocycles. The number of aromatic nitrogens is 1. The van der Waals surface area contributed by atoms with Crippen molar-refractivity contribution < 1.29 is 14.4 Å². The van der Waals surface area contributed by atoms with Crippen LogP contribution in [0.5, 0.6) is 0 Å². The fraction of sp³-hybridized carbons (Fsp3) is 0.440. The van der Waals surface area contributed by atoms with E-state index in [1.54, 1.807) is 30.6 Å². The van der Waals surface area contributed by atoms with Crippen LogP contribution in [0.4, 0.5) is 0 Å². The van der Waals surface area contributed by atoms with Crippen molar-refractivity contribution in [1.29, 1.82) is 0 Å². The first-order valence-electron chi connectivity index (χ1n) is 11.1. The lowest BCUT2D eigenvalue weighted by Gasteiger charge is -2.33. The average molecular weight is 437 g/mol. The highest BCUT2D eigenvalue weighted by atomic mass is 16.2. The second kappa shape index (κ2) is 10.4. The summed E-state index contributed by atoms with van der Waals surface area (Å²) in [5.74, 6) is -1.74. The highest BCUT2D eigenvalue weighted by molar-refractivity contribution is 6.35. The number of nitrogens with one attached hydrogen (secondary N) is 2. The number of carbonyl (C=O) groups excluding carboxylic acids is 3. The van der Waals surface area contributed by atoms with Crippen molar-refractivity contribution in [3.63, 3.8) is 0 Å². The molecule has 1 heterocycles. The topological polar surface area (TPSA) is 91.4 Å². The Morgan fingerprint density at radius 1 is 1.06 bits per heavy atom. The lowest BCUT2D eigenvalue weighted by Crippen LogP contribution is -2.52. The minimum absolute atomic E-state index is 0.00488.